The molecule has 4 rings (SSSR count). The SMILES string of the molecule is CNC(=O)c1cccc(NC(=O)c2cc(=O)[nH]c3ccc(S(=O)(=O)N4CCOCC4)cc23)c1C. The molecule has 1 fully saturated rings. The van der Waals surface area contributed by atoms with Gasteiger partial charge < -0.3 is 20.4 Å². The number of nitrogens with zero attached hydrogens (tertiary/aromatic N) is 1. The number of nitrogens with one attached hydrogen (secondary N) is 3. The number of amides is 2. The van der Waals surface area contributed by atoms with Crippen molar-refractivity contribution in [3.63, 3.8) is 0 Å². The van der Waals surface area contributed by atoms with Crippen LogP contribution in [0.4, 0.5) is 5.69 Å². The lowest BCUT2D eigenvalue weighted by Crippen LogP contribution is -2.40. The second-order valence-corrected chi connectivity index (χ2v) is 9.72. The zero-order chi connectivity index (χ0) is 24.5. The van der Waals surface area contributed by atoms with Gasteiger partial charge in [0.25, 0.3) is 11.8 Å². The van der Waals surface area contributed by atoms with Gasteiger partial charge in [-0.2, -0.15) is 4.31 Å². The van der Waals surface area contributed by atoms with E-state index >= 15 is 0 Å². The Balaban J connectivity index is 1.75. The van der Waals surface area contributed by atoms with Crippen molar-refractivity contribution >= 4 is 38.4 Å². The molecule has 0 bridgehead atoms. The van der Waals surface area contributed by atoms with Crippen molar-refractivity contribution in [2.75, 3.05) is 38.7 Å². The van der Waals surface area contributed by atoms with E-state index < -0.39 is 21.5 Å². The van der Waals surface area contributed by atoms with Crippen molar-refractivity contribution in [1.29, 1.82) is 0 Å². The number of pyridine rings is 1. The average Bonchev–Trinajstić information content (AvgIpc) is 2.84. The van der Waals surface area contributed by atoms with Crippen molar-refractivity contribution in [3.05, 3.63) is 69.5 Å². The van der Waals surface area contributed by atoms with Gasteiger partial charge in [-0.3, -0.25) is 14.4 Å². The summed E-state index contributed by atoms with van der Waals surface area (Å²) in [5.74, 6) is -0.901. The zero-order valence-corrected chi connectivity index (χ0v) is 19.5. The maximum Gasteiger partial charge on any atom is 0.256 e. The monoisotopic (exact) mass is 484 g/mol. The maximum absolute atomic E-state index is 13.2. The van der Waals surface area contributed by atoms with Gasteiger partial charge in [-0.05, 0) is 42.8 Å². The molecule has 0 aliphatic carbocycles. The average molecular weight is 485 g/mol. The fraction of sp³-hybridized carbons (Fsp3) is 0.261. The summed E-state index contributed by atoms with van der Waals surface area (Å²) in [6.07, 6.45) is 0. The van der Waals surface area contributed by atoms with Crippen molar-refractivity contribution in [1.82, 2.24) is 14.6 Å². The van der Waals surface area contributed by atoms with Gasteiger partial charge in [-0.25, -0.2) is 8.42 Å². The van der Waals surface area contributed by atoms with Crippen LogP contribution < -0.4 is 16.2 Å². The number of aromatic nitrogens is 1. The maximum atomic E-state index is 13.2. The van der Waals surface area contributed by atoms with E-state index in [4.69, 9.17) is 4.74 Å². The Labute approximate surface area is 196 Å². The highest BCUT2D eigenvalue weighted by atomic mass is 32.2. The molecule has 1 aromatic heterocycles. The van der Waals surface area contributed by atoms with E-state index in [9.17, 15) is 22.8 Å². The van der Waals surface area contributed by atoms with Crippen LogP contribution in [0.2, 0.25) is 0 Å². The summed E-state index contributed by atoms with van der Waals surface area (Å²) in [6.45, 7) is 2.79. The first-order chi connectivity index (χ1) is 16.2. The van der Waals surface area contributed by atoms with Crippen molar-refractivity contribution in [2.24, 2.45) is 0 Å². The van der Waals surface area contributed by atoms with Gasteiger partial charge in [0.2, 0.25) is 15.6 Å². The molecule has 2 amide bonds. The molecule has 0 saturated carbocycles. The number of aromatic amines is 1. The van der Waals surface area contributed by atoms with Crippen LogP contribution in [0.15, 0.2) is 52.2 Å². The van der Waals surface area contributed by atoms with Crippen LogP contribution in [0.3, 0.4) is 0 Å². The lowest BCUT2D eigenvalue weighted by atomic mass is 10.0. The number of carbonyl (C=O) groups is 2. The zero-order valence-electron chi connectivity index (χ0n) is 18.7. The van der Waals surface area contributed by atoms with Gasteiger partial charge in [0, 0.05) is 48.4 Å². The molecule has 34 heavy (non-hydrogen) atoms. The van der Waals surface area contributed by atoms with E-state index in [-0.39, 0.29) is 34.8 Å². The lowest BCUT2D eigenvalue weighted by Gasteiger charge is -2.26. The number of carbonyl (C=O) groups excluding carboxylic acids is 2. The Morgan fingerprint density at radius 3 is 2.47 bits per heavy atom. The number of hydrogen-bond acceptors (Lipinski definition) is 6. The Bertz CT molecular complexity index is 1440. The third kappa shape index (κ3) is 4.45. The van der Waals surface area contributed by atoms with Gasteiger partial charge in [-0.15, -0.1) is 0 Å². The standard InChI is InChI=1S/C23H24N4O6S/c1-14-16(22(29)24-2)4-3-5-19(14)26-23(30)18-13-21(28)25-20-7-6-15(12-17(18)20)34(31,32)27-8-10-33-11-9-27/h3-7,12-13H,8-11H2,1-2H3,(H,24,29)(H,25,28)(H,26,30). The second-order valence-electron chi connectivity index (χ2n) is 7.78. The van der Waals surface area contributed by atoms with Crippen molar-refractivity contribution in [3.8, 4) is 0 Å². The molecule has 0 radical (unpaired) electrons. The van der Waals surface area contributed by atoms with Crippen LogP contribution in [-0.4, -0.2) is 62.9 Å². The molecule has 2 aromatic carbocycles. The normalized spacial score (nSPS) is 14.6. The first kappa shape index (κ1) is 23.6. The van der Waals surface area contributed by atoms with Crippen molar-refractivity contribution in [2.45, 2.75) is 11.8 Å². The predicted octanol–water partition coefficient (Wildman–Crippen LogP) is 1.47. The quantitative estimate of drug-likeness (QED) is 0.502. The summed E-state index contributed by atoms with van der Waals surface area (Å²) >= 11 is 0. The molecule has 3 aromatic rings. The first-order valence-electron chi connectivity index (χ1n) is 10.6. The van der Waals surface area contributed by atoms with E-state index in [0.29, 0.717) is 35.5 Å². The number of rotatable bonds is 5. The summed E-state index contributed by atoms with van der Waals surface area (Å²) in [5, 5.41) is 5.57. The number of H-pyrrole nitrogens is 1. The number of benzene rings is 2. The van der Waals surface area contributed by atoms with E-state index in [0.717, 1.165) is 6.07 Å². The third-order valence-corrected chi connectivity index (χ3v) is 7.62. The van der Waals surface area contributed by atoms with Crippen LogP contribution in [0.1, 0.15) is 26.3 Å². The Morgan fingerprint density at radius 2 is 1.76 bits per heavy atom. The van der Waals surface area contributed by atoms with E-state index in [2.05, 4.69) is 15.6 Å². The fourth-order valence-electron chi connectivity index (χ4n) is 3.86. The highest BCUT2D eigenvalue weighted by Gasteiger charge is 2.27. The molecule has 3 N–H and O–H groups in total. The molecule has 11 heteroatoms. The van der Waals surface area contributed by atoms with Crippen LogP contribution in [0.5, 0.6) is 0 Å². The van der Waals surface area contributed by atoms with Gasteiger partial charge in [0.1, 0.15) is 0 Å². The molecular formula is C23H24N4O6S. The minimum atomic E-state index is -3.80. The molecule has 0 atom stereocenters. The van der Waals surface area contributed by atoms with Crippen LogP contribution in [0, 0.1) is 6.92 Å². The number of morpholine rings is 1. The number of anilines is 1. The van der Waals surface area contributed by atoms with Crippen LogP contribution in [0.25, 0.3) is 10.9 Å². The molecule has 1 aliphatic heterocycles. The number of ether oxygens (including phenoxy) is 1. The van der Waals surface area contributed by atoms with Gasteiger partial charge in [-0.1, -0.05) is 6.07 Å². The Kier molecular flexibility index (Phi) is 6.51. The summed E-state index contributed by atoms with van der Waals surface area (Å²) in [7, 11) is -2.29. The topological polar surface area (TPSA) is 138 Å². The summed E-state index contributed by atoms with van der Waals surface area (Å²) < 4.78 is 32.8. The molecule has 0 spiro atoms. The largest absolute Gasteiger partial charge is 0.379 e. The Morgan fingerprint density at radius 1 is 1.03 bits per heavy atom. The summed E-state index contributed by atoms with van der Waals surface area (Å²) in [6, 6.07) is 10.3. The smallest absolute Gasteiger partial charge is 0.256 e. The minimum Gasteiger partial charge on any atom is -0.379 e. The highest BCUT2D eigenvalue weighted by Crippen LogP contribution is 2.25. The molecular weight excluding hydrogens is 460 g/mol. The molecule has 1 aliphatic rings. The molecule has 178 valence electrons. The van der Waals surface area contributed by atoms with Gasteiger partial charge >= 0.3 is 0 Å². The third-order valence-electron chi connectivity index (χ3n) is 5.72. The second kappa shape index (κ2) is 9.37. The van der Waals surface area contributed by atoms with Crippen LogP contribution >= 0.6 is 0 Å². The molecule has 10 nitrogen and oxygen atoms in total. The van der Waals surface area contributed by atoms with E-state index in [1.807, 2.05) is 0 Å². The minimum absolute atomic E-state index is 0.0146. The number of fused-ring (bicyclic) bond motifs is 1. The Hall–Kier alpha value is -3.54. The molecule has 2 heterocycles. The first-order valence-corrected chi connectivity index (χ1v) is 12.0. The lowest BCUT2D eigenvalue weighted by molar-refractivity contribution is 0.0730. The van der Waals surface area contributed by atoms with E-state index in [1.54, 1.807) is 25.1 Å². The van der Waals surface area contributed by atoms with Gasteiger partial charge in [0.15, 0.2) is 0 Å². The number of hydrogen-bond donors (Lipinski definition) is 3. The highest BCUT2D eigenvalue weighted by molar-refractivity contribution is 7.89. The summed E-state index contributed by atoms with van der Waals surface area (Å²) in [5.41, 5.74) is 1.20. The van der Waals surface area contributed by atoms with Gasteiger partial charge in [0.05, 0.1) is 23.7 Å². The fourth-order valence-corrected chi connectivity index (χ4v) is 5.29. The molecule has 0 unspecified atom stereocenters. The number of sulfonamides is 1. The van der Waals surface area contributed by atoms with Crippen molar-refractivity contribution < 1.29 is 22.7 Å². The van der Waals surface area contributed by atoms with Crippen LogP contribution in [-0.2, 0) is 14.8 Å². The summed E-state index contributed by atoms with van der Waals surface area (Å²) in [4.78, 5) is 40.1. The predicted molar refractivity (Wildman–Crippen MR) is 127 cm³/mol. The molecule has 1 saturated heterocycles. The van der Waals surface area contributed by atoms with E-state index in [1.165, 1.54) is 29.6 Å².